The molecular weight excluding hydrogens is 292 g/mol. The SMILES string of the molecule is CC1Sc2ccc(C(=O)NCCCC(=O)O)cc2NC1=O. The zero-order chi connectivity index (χ0) is 15.4. The first-order valence-corrected chi connectivity index (χ1v) is 7.47. The Labute approximate surface area is 126 Å². The zero-order valence-corrected chi connectivity index (χ0v) is 12.3. The summed E-state index contributed by atoms with van der Waals surface area (Å²) in [5.74, 6) is -1.24. The molecule has 6 nitrogen and oxygen atoms in total. The number of hydrogen-bond acceptors (Lipinski definition) is 4. The molecule has 0 saturated carbocycles. The van der Waals surface area contributed by atoms with Crippen LogP contribution >= 0.6 is 11.8 Å². The van der Waals surface area contributed by atoms with E-state index in [1.807, 2.05) is 13.0 Å². The minimum Gasteiger partial charge on any atom is -0.481 e. The minimum atomic E-state index is -0.883. The van der Waals surface area contributed by atoms with E-state index < -0.39 is 5.97 Å². The van der Waals surface area contributed by atoms with E-state index in [0.29, 0.717) is 24.2 Å². The number of fused-ring (bicyclic) bond motifs is 1. The fourth-order valence-electron chi connectivity index (χ4n) is 1.89. The van der Waals surface area contributed by atoms with Gasteiger partial charge < -0.3 is 15.7 Å². The zero-order valence-electron chi connectivity index (χ0n) is 11.5. The van der Waals surface area contributed by atoms with E-state index in [2.05, 4.69) is 10.6 Å². The minimum absolute atomic E-state index is 0.0229. The number of hydrogen-bond donors (Lipinski definition) is 3. The first-order chi connectivity index (χ1) is 9.97. The largest absolute Gasteiger partial charge is 0.481 e. The van der Waals surface area contributed by atoms with Gasteiger partial charge in [-0.2, -0.15) is 0 Å². The second-order valence-corrected chi connectivity index (χ2v) is 6.10. The van der Waals surface area contributed by atoms with Gasteiger partial charge in [0.2, 0.25) is 5.91 Å². The van der Waals surface area contributed by atoms with Crippen molar-refractivity contribution in [2.45, 2.75) is 29.9 Å². The Morgan fingerprint density at radius 1 is 1.43 bits per heavy atom. The number of carbonyl (C=O) groups is 3. The summed E-state index contributed by atoms with van der Waals surface area (Å²) in [5.41, 5.74) is 1.08. The summed E-state index contributed by atoms with van der Waals surface area (Å²) in [6.07, 6.45) is 0.408. The normalized spacial score (nSPS) is 16.8. The van der Waals surface area contributed by atoms with Gasteiger partial charge in [-0.1, -0.05) is 0 Å². The summed E-state index contributed by atoms with van der Waals surface area (Å²) < 4.78 is 0. The third kappa shape index (κ3) is 3.98. The summed E-state index contributed by atoms with van der Waals surface area (Å²) >= 11 is 1.46. The lowest BCUT2D eigenvalue weighted by atomic mass is 10.1. The number of anilines is 1. The predicted octanol–water partition coefficient (Wildman–Crippen LogP) is 1.71. The van der Waals surface area contributed by atoms with E-state index in [-0.39, 0.29) is 23.5 Å². The topological polar surface area (TPSA) is 95.5 Å². The van der Waals surface area contributed by atoms with Crippen LogP contribution < -0.4 is 10.6 Å². The van der Waals surface area contributed by atoms with Crippen LogP contribution in [-0.4, -0.2) is 34.7 Å². The van der Waals surface area contributed by atoms with Gasteiger partial charge in [0, 0.05) is 23.4 Å². The van der Waals surface area contributed by atoms with Crippen molar-refractivity contribution in [1.29, 1.82) is 0 Å². The van der Waals surface area contributed by atoms with Gasteiger partial charge in [-0.3, -0.25) is 14.4 Å². The highest BCUT2D eigenvalue weighted by molar-refractivity contribution is 8.00. The van der Waals surface area contributed by atoms with Crippen LogP contribution in [0.4, 0.5) is 5.69 Å². The van der Waals surface area contributed by atoms with Crippen molar-refractivity contribution >= 4 is 35.2 Å². The highest BCUT2D eigenvalue weighted by Gasteiger charge is 2.23. The molecule has 1 aromatic rings. The van der Waals surface area contributed by atoms with Crippen molar-refractivity contribution in [3.63, 3.8) is 0 Å². The van der Waals surface area contributed by atoms with Crippen molar-refractivity contribution in [3.05, 3.63) is 23.8 Å². The standard InChI is InChI=1S/C14H16N2O4S/c1-8-13(19)16-10-7-9(4-5-11(10)21-8)14(20)15-6-2-3-12(17)18/h4-5,7-8H,2-3,6H2,1H3,(H,15,20)(H,16,19)(H,17,18). The van der Waals surface area contributed by atoms with Crippen molar-refractivity contribution in [1.82, 2.24) is 5.32 Å². The number of amides is 2. The van der Waals surface area contributed by atoms with Crippen LogP contribution in [0.3, 0.4) is 0 Å². The lowest BCUT2D eigenvalue weighted by molar-refractivity contribution is -0.137. The Bertz CT molecular complexity index is 588. The number of nitrogens with one attached hydrogen (secondary N) is 2. The first-order valence-electron chi connectivity index (χ1n) is 6.59. The fraction of sp³-hybridized carbons (Fsp3) is 0.357. The average molecular weight is 308 g/mol. The molecule has 1 aliphatic heterocycles. The molecule has 112 valence electrons. The maximum atomic E-state index is 11.9. The summed E-state index contributed by atoms with van der Waals surface area (Å²) in [7, 11) is 0. The van der Waals surface area contributed by atoms with Gasteiger partial charge in [-0.25, -0.2) is 0 Å². The van der Waals surface area contributed by atoms with Crippen LogP contribution in [0.2, 0.25) is 0 Å². The van der Waals surface area contributed by atoms with Crippen molar-refractivity contribution in [2.75, 3.05) is 11.9 Å². The molecule has 0 bridgehead atoms. The molecule has 1 heterocycles. The van der Waals surface area contributed by atoms with Crippen molar-refractivity contribution in [3.8, 4) is 0 Å². The van der Waals surface area contributed by atoms with Crippen molar-refractivity contribution in [2.24, 2.45) is 0 Å². The lowest BCUT2D eigenvalue weighted by Gasteiger charge is -2.21. The summed E-state index contributed by atoms with van der Waals surface area (Å²) in [6, 6.07) is 5.14. The number of aliphatic carboxylic acids is 1. The van der Waals surface area contributed by atoms with E-state index in [1.54, 1.807) is 12.1 Å². The summed E-state index contributed by atoms with van der Waals surface area (Å²) in [4.78, 5) is 34.9. The quantitative estimate of drug-likeness (QED) is 0.720. The second-order valence-electron chi connectivity index (χ2n) is 4.71. The number of carboxylic acid groups (broad SMARTS) is 1. The monoisotopic (exact) mass is 308 g/mol. The molecule has 0 aliphatic carbocycles. The van der Waals surface area contributed by atoms with E-state index in [4.69, 9.17) is 5.11 Å². The average Bonchev–Trinajstić information content (AvgIpc) is 2.44. The van der Waals surface area contributed by atoms with Crippen LogP contribution in [-0.2, 0) is 9.59 Å². The molecule has 7 heteroatoms. The Balaban J connectivity index is 1.98. The summed E-state index contributed by atoms with van der Waals surface area (Å²) in [5, 5.41) is 13.8. The number of benzene rings is 1. The molecule has 1 aliphatic rings. The molecular formula is C14H16N2O4S. The van der Waals surface area contributed by atoms with Crippen LogP contribution in [0.15, 0.2) is 23.1 Å². The maximum Gasteiger partial charge on any atom is 0.303 e. The number of carbonyl (C=O) groups excluding carboxylic acids is 2. The molecule has 0 saturated heterocycles. The first kappa shape index (κ1) is 15.4. The van der Waals surface area contributed by atoms with E-state index in [0.717, 1.165) is 4.90 Å². The smallest absolute Gasteiger partial charge is 0.303 e. The molecule has 0 fully saturated rings. The van der Waals surface area contributed by atoms with Gasteiger partial charge in [0.05, 0.1) is 10.9 Å². The number of thioether (sulfide) groups is 1. The van der Waals surface area contributed by atoms with Gasteiger partial charge in [0.15, 0.2) is 0 Å². The van der Waals surface area contributed by atoms with Gasteiger partial charge in [0.25, 0.3) is 5.91 Å². The fourth-order valence-corrected chi connectivity index (χ4v) is 2.82. The molecule has 1 aromatic carbocycles. The Morgan fingerprint density at radius 3 is 2.90 bits per heavy atom. The Hall–Kier alpha value is -2.02. The van der Waals surface area contributed by atoms with Crippen LogP contribution in [0.5, 0.6) is 0 Å². The molecule has 1 unspecified atom stereocenters. The molecule has 0 radical (unpaired) electrons. The van der Waals surface area contributed by atoms with E-state index in [9.17, 15) is 14.4 Å². The van der Waals surface area contributed by atoms with E-state index >= 15 is 0 Å². The van der Waals surface area contributed by atoms with Crippen LogP contribution in [0.25, 0.3) is 0 Å². The van der Waals surface area contributed by atoms with Crippen LogP contribution in [0, 0.1) is 0 Å². The second kappa shape index (κ2) is 6.62. The van der Waals surface area contributed by atoms with Gasteiger partial charge >= 0.3 is 5.97 Å². The van der Waals surface area contributed by atoms with Crippen LogP contribution in [0.1, 0.15) is 30.1 Å². The predicted molar refractivity (Wildman–Crippen MR) is 79.6 cm³/mol. The molecule has 2 rings (SSSR count). The number of rotatable bonds is 5. The Kier molecular flexibility index (Phi) is 4.85. The van der Waals surface area contributed by atoms with Gasteiger partial charge in [-0.15, -0.1) is 11.8 Å². The molecule has 3 N–H and O–H groups in total. The third-order valence-electron chi connectivity index (χ3n) is 3.03. The van der Waals surface area contributed by atoms with Gasteiger partial charge in [0.1, 0.15) is 0 Å². The highest BCUT2D eigenvalue weighted by atomic mass is 32.2. The lowest BCUT2D eigenvalue weighted by Crippen LogP contribution is -2.28. The molecule has 0 aromatic heterocycles. The molecule has 21 heavy (non-hydrogen) atoms. The molecule has 0 spiro atoms. The Morgan fingerprint density at radius 2 is 2.19 bits per heavy atom. The molecule has 2 amide bonds. The maximum absolute atomic E-state index is 11.9. The third-order valence-corrected chi connectivity index (χ3v) is 4.20. The van der Waals surface area contributed by atoms with Gasteiger partial charge in [-0.05, 0) is 31.5 Å². The van der Waals surface area contributed by atoms with E-state index in [1.165, 1.54) is 11.8 Å². The summed E-state index contributed by atoms with van der Waals surface area (Å²) in [6.45, 7) is 2.13. The molecule has 1 atom stereocenters. The number of carboxylic acids is 1. The highest BCUT2D eigenvalue weighted by Crippen LogP contribution is 2.35. The van der Waals surface area contributed by atoms with Crippen molar-refractivity contribution < 1.29 is 19.5 Å².